The van der Waals surface area contributed by atoms with Crippen molar-refractivity contribution in [2.75, 3.05) is 6.54 Å². The Morgan fingerprint density at radius 2 is 2.08 bits per heavy atom. The summed E-state index contributed by atoms with van der Waals surface area (Å²) in [6.45, 7) is 0.121. The minimum Gasteiger partial charge on any atom is -0.363 e. The third kappa shape index (κ3) is 3.08. The minimum atomic E-state index is -4.73. The van der Waals surface area contributed by atoms with Crippen molar-refractivity contribution in [3.63, 3.8) is 0 Å². The highest BCUT2D eigenvalue weighted by Crippen LogP contribution is 2.31. The van der Waals surface area contributed by atoms with Gasteiger partial charge in [0.2, 0.25) is 5.91 Å². The van der Waals surface area contributed by atoms with Crippen molar-refractivity contribution in [3.8, 4) is 0 Å². The van der Waals surface area contributed by atoms with Gasteiger partial charge in [-0.2, -0.15) is 13.2 Å². The molecule has 24 heavy (non-hydrogen) atoms. The van der Waals surface area contributed by atoms with E-state index in [1.54, 1.807) is 11.1 Å². The van der Waals surface area contributed by atoms with Gasteiger partial charge < -0.3 is 14.5 Å². The second-order valence-electron chi connectivity index (χ2n) is 5.72. The highest BCUT2D eigenvalue weighted by molar-refractivity contribution is 5.76. The number of likely N-dealkylation sites (tertiary alicyclic amines) is 1. The summed E-state index contributed by atoms with van der Waals surface area (Å²) in [5, 5.41) is 0. The highest BCUT2D eigenvalue weighted by Gasteiger charge is 2.35. The first kappa shape index (κ1) is 16.4. The maximum atomic E-state index is 12.8. The van der Waals surface area contributed by atoms with Gasteiger partial charge in [-0.3, -0.25) is 9.59 Å². The van der Waals surface area contributed by atoms with E-state index >= 15 is 0 Å². The van der Waals surface area contributed by atoms with Gasteiger partial charge in [0, 0.05) is 24.6 Å². The largest absolute Gasteiger partial charge is 0.421 e. The third-order valence-corrected chi connectivity index (χ3v) is 4.19. The van der Waals surface area contributed by atoms with Crippen LogP contribution in [-0.2, 0) is 17.5 Å². The zero-order valence-electron chi connectivity index (χ0n) is 12.7. The third-order valence-electron chi connectivity index (χ3n) is 4.19. The van der Waals surface area contributed by atoms with Crippen LogP contribution < -0.4 is 5.56 Å². The van der Waals surface area contributed by atoms with Crippen molar-refractivity contribution >= 4 is 5.91 Å². The number of halogens is 3. The summed E-state index contributed by atoms with van der Waals surface area (Å²) in [5.74, 6) is -0.367. The first-order valence-electron chi connectivity index (χ1n) is 7.57. The molecule has 1 saturated heterocycles. The Morgan fingerprint density at radius 1 is 1.29 bits per heavy atom. The number of carbonyl (C=O) groups excluding carboxylic acids is 1. The number of rotatable bonds is 3. The number of nitrogens with zero attached hydrogens (tertiary/aromatic N) is 2. The molecule has 0 aromatic carbocycles. The molecule has 1 fully saturated rings. The Balaban J connectivity index is 1.82. The first-order chi connectivity index (χ1) is 11.4. The molecule has 3 rings (SSSR count). The molecule has 0 spiro atoms. The number of amides is 1. The van der Waals surface area contributed by atoms with E-state index < -0.39 is 23.8 Å². The van der Waals surface area contributed by atoms with Crippen molar-refractivity contribution in [1.82, 2.24) is 14.5 Å². The average molecular weight is 339 g/mol. The fourth-order valence-corrected chi connectivity index (χ4v) is 3.05. The number of alkyl halides is 3. The van der Waals surface area contributed by atoms with Crippen LogP contribution in [0.4, 0.5) is 13.2 Å². The molecule has 5 nitrogen and oxygen atoms in total. The van der Waals surface area contributed by atoms with Crippen LogP contribution in [0.5, 0.6) is 0 Å². The monoisotopic (exact) mass is 339 g/mol. The maximum absolute atomic E-state index is 12.8. The quantitative estimate of drug-likeness (QED) is 0.934. The summed E-state index contributed by atoms with van der Waals surface area (Å²) in [5.41, 5.74) is -1.58. The molecule has 2 aromatic heterocycles. The van der Waals surface area contributed by atoms with Crippen LogP contribution in [0, 0.1) is 0 Å². The number of pyridine rings is 1. The molecule has 1 N–H and O–H groups in total. The van der Waals surface area contributed by atoms with E-state index in [0.717, 1.165) is 35.2 Å². The zero-order chi connectivity index (χ0) is 17.3. The van der Waals surface area contributed by atoms with Crippen LogP contribution in [0.1, 0.15) is 30.1 Å². The summed E-state index contributed by atoms with van der Waals surface area (Å²) in [6, 6.07) is 5.42. The summed E-state index contributed by atoms with van der Waals surface area (Å²) < 4.78 is 39.2. The van der Waals surface area contributed by atoms with Gasteiger partial charge in [0.25, 0.3) is 5.56 Å². The fourth-order valence-electron chi connectivity index (χ4n) is 3.05. The molecule has 1 aliphatic heterocycles. The second kappa shape index (κ2) is 6.18. The number of aromatic nitrogens is 2. The van der Waals surface area contributed by atoms with Gasteiger partial charge in [-0.25, -0.2) is 0 Å². The molecule has 8 heteroatoms. The standard InChI is InChI=1S/C16H16F3N3O2/c17-16(18,19)11-4-2-8-21(15(11)24)10-14(23)22-9-3-6-13(22)12-5-1-7-20-12/h1-2,4-5,7-8,13,20H,3,6,9-10H2/t13-/m0/s1. The summed E-state index contributed by atoms with van der Waals surface area (Å²) in [4.78, 5) is 29.1. The molecule has 0 saturated carbocycles. The number of aromatic amines is 1. The summed E-state index contributed by atoms with van der Waals surface area (Å²) >= 11 is 0. The molecule has 0 radical (unpaired) electrons. The number of nitrogens with one attached hydrogen (secondary N) is 1. The van der Waals surface area contributed by atoms with Crippen LogP contribution in [0.15, 0.2) is 41.5 Å². The Labute approximate surface area is 135 Å². The van der Waals surface area contributed by atoms with E-state index in [2.05, 4.69) is 4.98 Å². The molecule has 2 aromatic rings. The molecule has 3 heterocycles. The van der Waals surface area contributed by atoms with Crippen molar-refractivity contribution in [1.29, 1.82) is 0 Å². The Bertz CT molecular complexity index is 781. The zero-order valence-corrected chi connectivity index (χ0v) is 12.7. The predicted molar refractivity (Wildman–Crippen MR) is 80.2 cm³/mol. The van der Waals surface area contributed by atoms with E-state index in [9.17, 15) is 22.8 Å². The van der Waals surface area contributed by atoms with Gasteiger partial charge in [0.15, 0.2) is 0 Å². The number of hydrogen-bond acceptors (Lipinski definition) is 2. The molecule has 1 amide bonds. The minimum absolute atomic E-state index is 0.131. The molecule has 1 atom stereocenters. The van der Waals surface area contributed by atoms with Gasteiger partial charge in [-0.1, -0.05) is 0 Å². The Hall–Kier alpha value is -2.51. The van der Waals surface area contributed by atoms with Crippen LogP contribution >= 0.6 is 0 Å². The molecule has 1 aliphatic rings. The lowest BCUT2D eigenvalue weighted by molar-refractivity contribution is -0.139. The molecule has 128 valence electrons. The lowest BCUT2D eigenvalue weighted by Crippen LogP contribution is -2.37. The second-order valence-corrected chi connectivity index (χ2v) is 5.72. The molecular formula is C16H16F3N3O2. The topological polar surface area (TPSA) is 58.1 Å². The molecule has 0 bridgehead atoms. The summed E-state index contributed by atoms with van der Waals surface area (Å²) in [7, 11) is 0. The van der Waals surface area contributed by atoms with Crippen LogP contribution in [0.25, 0.3) is 0 Å². The van der Waals surface area contributed by atoms with E-state index in [4.69, 9.17) is 0 Å². The molecule has 0 unspecified atom stereocenters. The van der Waals surface area contributed by atoms with Gasteiger partial charge in [0.1, 0.15) is 12.1 Å². The number of hydrogen-bond donors (Lipinski definition) is 1. The predicted octanol–water partition coefficient (Wildman–Crippen LogP) is 2.56. The fraction of sp³-hybridized carbons (Fsp3) is 0.375. The van der Waals surface area contributed by atoms with Crippen LogP contribution in [0.2, 0.25) is 0 Å². The lowest BCUT2D eigenvalue weighted by Gasteiger charge is -2.24. The van der Waals surface area contributed by atoms with Crippen molar-refractivity contribution in [2.45, 2.75) is 31.6 Å². The van der Waals surface area contributed by atoms with Crippen molar-refractivity contribution in [3.05, 3.63) is 58.3 Å². The average Bonchev–Trinajstić information content (AvgIpc) is 3.18. The van der Waals surface area contributed by atoms with Gasteiger partial charge >= 0.3 is 6.18 Å². The maximum Gasteiger partial charge on any atom is 0.421 e. The first-order valence-corrected chi connectivity index (χ1v) is 7.57. The lowest BCUT2D eigenvalue weighted by atomic mass is 10.1. The van der Waals surface area contributed by atoms with Gasteiger partial charge in [-0.15, -0.1) is 0 Å². The van der Waals surface area contributed by atoms with Gasteiger partial charge in [0.05, 0.1) is 6.04 Å². The van der Waals surface area contributed by atoms with E-state index in [-0.39, 0.29) is 11.9 Å². The molecule has 0 aliphatic carbocycles. The summed E-state index contributed by atoms with van der Waals surface area (Å²) in [6.07, 6.45) is -0.178. The number of carbonyl (C=O) groups is 1. The SMILES string of the molecule is O=C(Cn1cccc(C(F)(F)F)c1=O)N1CCC[C@H]1c1ccc[nH]1. The van der Waals surface area contributed by atoms with Gasteiger partial charge in [-0.05, 0) is 37.1 Å². The van der Waals surface area contributed by atoms with Crippen LogP contribution in [0.3, 0.4) is 0 Å². The molecular weight excluding hydrogens is 323 g/mol. The van der Waals surface area contributed by atoms with Crippen molar-refractivity contribution in [2.24, 2.45) is 0 Å². The van der Waals surface area contributed by atoms with E-state index in [1.807, 2.05) is 12.1 Å². The Kier molecular flexibility index (Phi) is 4.21. The number of H-pyrrole nitrogens is 1. The highest BCUT2D eigenvalue weighted by atomic mass is 19.4. The van der Waals surface area contributed by atoms with Crippen LogP contribution in [-0.4, -0.2) is 26.9 Å². The smallest absolute Gasteiger partial charge is 0.363 e. The van der Waals surface area contributed by atoms with E-state index in [1.165, 1.54) is 6.20 Å². The Morgan fingerprint density at radius 3 is 2.75 bits per heavy atom. The van der Waals surface area contributed by atoms with E-state index in [0.29, 0.717) is 6.54 Å². The normalized spacial score (nSPS) is 18.1. The van der Waals surface area contributed by atoms with Crippen molar-refractivity contribution < 1.29 is 18.0 Å².